The number of aryl methyl sites for hydroxylation is 1. The van der Waals surface area contributed by atoms with Crippen LogP contribution in [0.2, 0.25) is 0 Å². The van der Waals surface area contributed by atoms with Crippen molar-refractivity contribution in [3.05, 3.63) is 65.5 Å². The van der Waals surface area contributed by atoms with Gasteiger partial charge in [-0.15, -0.1) is 10.2 Å². The summed E-state index contributed by atoms with van der Waals surface area (Å²) in [6.07, 6.45) is 8.46. The molecule has 6 heteroatoms. The van der Waals surface area contributed by atoms with Gasteiger partial charge in [0.25, 0.3) is 5.91 Å². The number of hydrogen-bond acceptors (Lipinski definition) is 4. The molecular weight excluding hydrogens is 410 g/mol. The van der Waals surface area contributed by atoms with Gasteiger partial charge in [0.2, 0.25) is 0 Å². The molecule has 2 aliphatic carbocycles. The smallest absolute Gasteiger partial charge is 0.255 e. The molecule has 0 unspecified atom stereocenters. The lowest BCUT2D eigenvalue weighted by Gasteiger charge is -2.10. The van der Waals surface area contributed by atoms with Gasteiger partial charge in [0, 0.05) is 41.7 Å². The molecule has 2 N–H and O–H groups in total. The topological polar surface area (TPSA) is 71.8 Å². The van der Waals surface area contributed by atoms with Gasteiger partial charge in [0.1, 0.15) is 5.82 Å². The van der Waals surface area contributed by atoms with Crippen molar-refractivity contribution in [1.82, 2.24) is 20.1 Å². The third-order valence-corrected chi connectivity index (χ3v) is 7.22. The van der Waals surface area contributed by atoms with Crippen LogP contribution in [0.5, 0.6) is 0 Å². The number of rotatable bonds is 7. The summed E-state index contributed by atoms with van der Waals surface area (Å²) in [5.41, 5.74) is 3.74. The van der Waals surface area contributed by atoms with E-state index in [1.807, 2.05) is 36.4 Å². The van der Waals surface area contributed by atoms with Crippen molar-refractivity contribution in [1.29, 1.82) is 0 Å². The third kappa shape index (κ3) is 4.58. The number of benzene rings is 2. The van der Waals surface area contributed by atoms with Gasteiger partial charge in [-0.1, -0.05) is 30.7 Å². The van der Waals surface area contributed by atoms with E-state index in [0.717, 1.165) is 54.7 Å². The van der Waals surface area contributed by atoms with Gasteiger partial charge in [-0.05, 0) is 74.4 Å². The van der Waals surface area contributed by atoms with Crippen LogP contribution in [0.1, 0.15) is 66.2 Å². The lowest BCUT2D eigenvalue weighted by molar-refractivity contribution is 0.102. The van der Waals surface area contributed by atoms with E-state index in [-0.39, 0.29) is 5.91 Å². The van der Waals surface area contributed by atoms with Gasteiger partial charge in [-0.3, -0.25) is 4.79 Å². The van der Waals surface area contributed by atoms with Crippen molar-refractivity contribution in [2.24, 2.45) is 5.92 Å². The van der Waals surface area contributed by atoms with Crippen molar-refractivity contribution in [2.75, 3.05) is 11.9 Å². The minimum atomic E-state index is -0.0720. The second-order valence-electron chi connectivity index (χ2n) is 9.86. The number of nitrogens with one attached hydrogen (secondary N) is 2. The maximum atomic E-state index is 13.0. The Hall–Kier alpha value is -2.99. The maximum absolute atomic E-state index is 13.0. The highest BCUT2D eigenvalue weighted by Crippen LogP contribution is 2.42. The maximum Gasteiger partial charge on any atom is 0.255 e. The predicted octanol–water partition coefficient (Wildman–Crippen LogP) is 4.78. The summed E-state index contributed by atoms with van der Waals surface area (Å²) in [7, 11) is 0. The van der Waals surface area contributed by atoms with E-state index in [2.05, 4.69) is 37.5 Å². The zero-order chi connectivity index (χ0) is 22.2. The zero-order valence-electron chi connectivity index (χ0n) is 19.0. The largest absolute Gasteiger partial charge is 0.322 e. The Morgan fingerprint density at radius 2 is 1.94 bits per heavy atom. The molecule has 1 aliphatic heterocycles. The molecule has 0 saturated heterocycles. The fourth-order valence-corrected chi connectivity index (χ4v) is 4.98. The normalized spacial score (nSPS) is 21.8. The Morgan fingerprint density at radius 3 is 2.85 bits per heavy atom. The van der Waals surface area contributed by atoms with E-state index in [9.17, 15) is 4.79 Å². The number of amides is 1. The third-order valence-electron chi connectivity index (χ3n) is 7.22. The average Bonchev–Trinajstić information content (AvgIpc) is 3.75. The molecule has 6 rings (SSSR count). The first-order valence-corrected chi connectivity index (χ1v) is 12.4. The zero-order valence-corrected chi connectivity index (χ0v) is 19.0. The lowest BCUT2D eigenvalue weighted by Crippen LogP contribution is -2.20. The number of carbonyl (C=O) groups is 1. The molecule has 1 aromatic heterocycles. The minimum absolute atomic E-state index is 0.0720. The number of carbonyl (C=O) groups excluding carboxylic acids is 1. The Kier molecular flexibility index (Phi) is 5.46. The molecule has 33 heavy (non-hydrogen) atoms. The van der Waals surface area contributed by atoms with Gasteiger partial charge in [0.15, 0.2) is 5.82 Å². The average molecular weight is 442 g/mol. The van der Waals surface area contributed by atoms with Crippen LogP contribution in [0.25, 0.3) is 11.4 Å². The molecule has 6 nitrogen and oxygen atoms in total. The molecule has 1 amide bonds. The molecule has 2 aromatic carbocycles. The predicted molar refractivity (Wildman–Crippen MR) is 129 cm³/mol. The number of nitrogens with zero attached hydrogens (tertiary/aromatic N) is 3. The van der Waals surface area contributed by atoms with Crippen molar-refractivity contribution >= 4 is 11.6 Å². The second-order valence-corrected chi connectivity index (χ2v) is 9.86. The standard InChI is InChI=1S/C27H31N5O/c33-27(21-8-4-6-19(14-21)23-16-24(23)28-17-18-11-12-18)29-22-9-5-7-20(15-22)26-31-30-25-10-2-1-3-13-32(25)26/h4-9,14-15,18,23-24,28H,1-3,10-13,16-17H2,(H,29,33)/t23-,24+/m0/s1. The van der Waals surface area contributed by atoms with Crippen molar-refractivity contribution in [3.8, 4) is 11.4 Å². The Morgan fingerprint density at radius 1 is 1.03 bits per heavy atom. The van der Waals surface area contributed by atoms with E-state index < -0.39 is 0 Å². The molecule has 0 spiro atoms. The first kappa shape index (κ1) is 20.6. The quantitative estimate of drug-likeness (QED) is 0.554. The fourth-order valence-electron chi connectivity index (χ4n) is 4.98. The SMILES string of the molecule is O=C(Nc1cccc(-c2nnc3n2CCCCC3)c1)c1cccc([C@@H]2C[C@H]2NCC2CC2)c1. The molecule has 2 heterocycles. The summed E-state index contributed by atoms with van der Waals surface area (Å²) in [5, 5.41) is 15.6. The number of fused-ring (bicyclic) bond motifs is 1. The monoisotopic (exact) mass is 441 g/mol. The number of hydrogen-bond donors (Lipinski definition) is 2. The first-order valence-electron chi connectivity index (χ1n) is 12.4. The molecule has 170 valence electrons. The Labute approximate surface area is 194 Å². The molecule has 3 aromatic rings. The van der Waals surface area contributed by atoms with Crippen molar-refractivity contribution in [3.63, 3.8) is 0 Å². The highest BCUT2D eigenvalue weighted by molar-refractivity contribution is 6.04. The van der Waals surface area contributed by atoms with Crippen LogP contribution in [-0.4, -0.2) is 33.3 Å². The Bertz CT molecular complexity index is 1160. The van der Waals surface area contributed by atoms with Crippen LogP contribution in [0.3, 0.4) is 0 Å². The minimum Gasteiger partial charge on any atom is -0.322 e. The lowest BCUT2D eigenvalue weighted by atomic mass is 10.1. The van der Waals surface area contributed by atoms with Gasteiger partial charge in [-0.2, -0.15) is 0 Å². The molecule has 2 fully saturated rings. The highest BCUT2D eigenvalue weighted by atomic mass is 16.1. The van der Waals surface area contributed by atoms with E-state index in [1.165, 1.54) is 37.7 Å². The van der Waals surface area contributed by atoms with Crippen molar-refractivity contribution < 1.29 is 4.79 Å². The van der Waals surface area contributed by atoms with E-state index in [0.29, 0.717) is 17.5 Å². The van der Waals surface area contributed by atoms with Crippen LogP contribution in [0.4, 0.5) is 5.69 Å². The summed E-state index contributed by atoms with van der Waals surface area (Å²) < 4.78 is 2.24. The molecule has 3 aliphatic rings. The fraction of sp³-hybridized carbons (Fsp3) is 0.444. The van der Waals surface area contributed by atoms with E-state index in [4.69, 9.17) is 0 Å². The van der Waals surface area contributed by atoms with Gasteiger partial charge < -0.3 is 15.2 Å². The van der Waals surface area contributed by atoms with Crippen LogP contribution >= 0.6 is 0 Å². The number of aromatic nitrogens is 3. The molecule has 0 bridgehead atoms. The highest BCUT2D eigenvalue weighted by Gasteiger charge is 2.39. The van der Waals surface area contributed by atoms with Gasteiger partial charge in [0.05, 0.1) is 0 Å². The summed E-state index contributed by atoms with van der Waals surface area (Å²) in [6.45, 7) is 2.10. The molecule has 0 radical (unpaired) electrons. The molecule has 2 atom stereocenters. The van der Waals surface area contributed by atoms with Crippen LogP contribution in [0, 0.1) is 5.92 Å². The van der Waals surface area contributed by atoms with Crippen LogP contribution in [0.15, 0.2) is 48.5 Å². The summed E-state index contributed by atoms with van der Waals surface area (Å²) >= 11 is 0. The molecular formula is C27H31N5O. The second kappa shape index (κ2) is 8.75. The summed E-state index contributed by atoms with van der Waals surface area (Å²) in [4.78, 5) is 13.0. The van der Waals surface area contributed by atoms with Crippen LogP contribution in [-0.2, 0) is 13.0 Å². The molecule has 2 saturated carbocycles. The van der Waals surface area contributed by atoms with E-state index >= 15 is 0 Å². The van der Waals surface area contributed by atoms with Gasteiger partial charge in [-0.25, -0.2) is 0 Å². The van der Waals surface area contributed by atoms with Crippen LogP contribution < -0.4 is 10.6 Å². The first-order chi connectivity index (χ1) is 16.2. The summed E-state index contributed by atoms with van der Waals surface area (Å²) in [6, 6.07) is 16.6. The van der Waals surface area contributed by atoms with E-state index in [1.54, 1.807) is 0 Å². The number of anilines is 1. The summed E-state index contributed by atoms with van der Waals surface area (Å²) in [5.74, 6) is 3.31. The Balaban J connectivity index is 1.15. The van der Waals surface area contributed by atoms with Crippen molar-refractivity contribution in [2.45, 2.75) is 63.5 Å². The van der Waals surface area contributed by atoms with Gasteiger partial charge >= 0.3 is 0 Å².